The lowest BCUT2D eigenvalue weighted by molar-refractivity contribution is 0.223. The van der Waals surface area contributed by atoms with Gasteiger partial charge in [0, 0.05) is 23.2 Å². The summed E-state index contributed by atoms with van der Waals surface area (Å²) in [6.07, 6.45) is 4.07. The topological polar surface area (TPSA) is 38.1 Å². The van der Waals surface area contributed by atoms with E-state index in [0.717, 1.165) is 23.4 Å². The number of aryl methyl sites for hydroxylation is 2. The van der Waals surface area contributed by atoms with Gasteiger partial charge in [-0.15, -0.1) is 11.3 Å². The van der Waals surface area contributed by atoms with Crippen molar-refractivity contribution in [1.29, 1.82) is 0 Å². The maximum Gasteiger partial charge on any atom is 0.116 e. The molecule has 0 aliphatic rings. The van der Waals surface area contributed by atoms with Crippen molar-refractivity contribution in [3.63, 3.8) is 0 Å². The van der Waals surface area contributed by atoms with E-state index in [9.17, 15) is 5.11 Å². The van der Waals surface area contributed by atoms with Gasteiger partial charge in [0.15, 0.2) is 0 Å². The zero-order valence-corrected chi connectivity index (χ0v) is 10.4. The van der Waals surface area contributed by atoms with Crippen LogP contribution in [0.15, 0.2) is 23.8 Å². The molecule has 0 aromatic carbocycles. The van der Waals surface area contributed by atoms with E-state index in [1.807, 2.05) is 23.2 Å². The highest BCUT2D eigenvalue weighted by atomic mass is 32.1. The van der Waals surface area contributed by atoms with E-state index >= 15 is 0 Å². The van der Waals surface area contributed by atoms with Gasteiger partial charge in [-0.05, 0) is 30.4 Å². The van der Waals surface area contributed by atoms with Crippen molar-refractivity contribution in [3.05, 3.63) is 39.8 Å². The van der Waals surface area contributed by atoms with Crippen LogP contribution in [0.4, 0.5) is 0 Å². The Morgan fingerprint density at radius 3 is 2.94 bits per heavy atom. The van der Waals surface area contributed by atoms with E-state index in [1.54, 1.807) is 17.5 Å². The van der Waals surface area contributed by atoms with Gasteiger partial charge in [-0.1, -0.05) is 6.92 Å². The van der Waals surface area contributed by atoms with E-state index in [-0.39, 0.29) is 0 Å². The van der Waals surface area contributed by atoms with Gasteiger partial charge in [0.1, 0.15) is 6.10 Å². The molecule has 0 amide bonds. The Hall–Kier alpha value is -1.13. The molecule has 0 saturated heterocycles. The van der Waals surface area contributed by atoms with Crippen molar-refractivity contribution < 1.29 is 5.11 Å². The number of rotatable bonds is 4. The first-order valence-corrected chi connectivity index (χ1v) is 6.40. The van der Waals surface area contributed by atoms with Gasteiger partial charge in [0.2, 0.25) is 0 Å². The van der Waals surface area contributed by atoms with Gasteiger partial charge in [0.25, 0.3) is 0 Å². The Bertz CT molecular complexity index is 461. The third-order valence-electron chi connectivity index (χ3n) is 2.70. The van der Waals surface area contributed by atoms with Crippen molar-refractivity contribution >= 4 is 11.3 Å². The first kappa shape index (κ1) is 11.4. The number of hydrogen-bond donors (Lipinski definition) is 1. The van der Waals surface area contributed by atoms with Crippen LogP contribution in [-0.2, 0) is 13.0 Å². The molecule has 0 spiro atoms. The normalized spacial score (nSPS) is 12.9. The second-order valence-electron chi connectivity index (χ2n) is 3.70. The van der Waals surface area contributed by atoms with E-state index in [0.29, 0.717) is 0 Å². The standard InChI is InChI=1S/C12H16N2OS/c1-3-9-5-6-16-12(9)11(15)10-7-13-14(4-2)8-10/h5-8,11,15H,3-4H2,1-2H3. The minimum absolute atomic E-state index is 0.532. The Kier molecular flexibility index (Phi) is 3.41. The van der Waals surface area contributed by atoms with Crippen LogP contribution >= 0.6 is 11.3 Å². The van der Waals surface area contributed by atoms with Gasteiger partial charge < -0.3 is 5.11 Å². The summed E-state index contributed by atoms with van der Waals surface area (Å²) in [6, 6.07) is 2.08. The number of hydrogen-bond acceptors (Lipinski definition) is 3. The first-order valence-electron chi connectivity index (χ1n) is 5.53. The summed E-state index contributed by atoms with van der Waals surface area (Å²) in [7, 11) is 0. The summed E-state index contributed by atoms with van der Waals surface area (Å²) in [5.41, 5.74) is 2.10. The molecule has 2 heterocycles. The smallest absolute Gasteiger partial charge is 0.116 e. The molecule has 1 atom stereocenters. The summed E-state index contributed by atoms with van der Waals surface area (Å²) in [6.45, 7) is 4.97. The molecule has 0 aliphatic heterocycles. The second-order valence-corrected chi connectivity index (χ2v) is 4.64. The zero-order chi connectivity index (χ0) is 11.5. The summed E-state index contributed by atoms with van der Waals surface area (Å²) in [5, 5.41) is 16.5. The minimum atomic E-state index is -0.532. The van der Waals surface area contributed by atoms with Gasteiger partial charge in [-0.3, -0.25) is 4.68 Å². The van der Waals surface area contributed by atoms with Crippen LogP contribution in [0, 0.1) is 0 Å². The quantitative estimate of drug-likeness (QED) is 0.886. The Balaban J connectivity index is 2.27. The highest BCUT2D eigenvalue weighted by molar-refractivity contribution is 7.10. The molecule has 0 aliphatic carbocycles. The van der Waals surface area contributed by atoms with Crippen LogP contribution in [0.3, 0.4) is 0 Å². The largest absolute Gasteiger partial charge is 0.383 e. The molecule has 0 bridgehead atoms. The van der Waals surface area contributed by atoms with Crippen LogP contribution in [-0.4, -0.2) is 14.9 Å². The predicted octanol–water partition coefficient (Wildman–Crippen LogP) is 2.61. The molecular formula is C12H16N2OS. The fraction of sp³-hybridized carbons (Fsp3) is 0.417. The molecule has 0 fully saturated rings. The van der Waals surface area contributed by atoms with Crippen LogP contribution in [0.1, 0.15) is 36.0 Å². The predicted molar refractivity (Wildman–Crippen MR) is 65.7 cm³/mol. The third kappa shape index (κ3) is 2.03. The van der Waals surface area contributed by atoms with E-state index in [4.69, 9.17) is 0 Å². The van der Waals surface area contributed by atoms with Crippen molar-refractivity contribution in [2.45, 2.75) is 32.9 Å². The average Bonchev–Trinajstić information content (AvgIpc) is 2.96. The lowest BCUT2D eigenvalue weighted by atomic mass is 10.1. The van der Waals surface area contributed by atoms with E-state index in [2.05, 4.69) is 18.1 Å². The fourth-order valence-electron chi connectivity index (χ4n) is 1.72. The van der Waals surface area contributed by atoms with Crippen molar-refractivity contribution in [1.82, 2.24) is 9.78 Å². The molecule has 16 heavy (non-hydrogen) atoms. The molecule has 4 heteroatoms. The second kappa shape index (κ2) is 4.80. The summed E-state index contributed by atoms with van der Waals surface area (Å²) >= 11 is 1.61. The Morgan fingerprint density at radius 1 is 1.50 bits per heavy atom. The molecule has 1 N–H and O–H groups in total. The average molecular weight is 236 g/mol. The first-order chi connectivity index (χ1) is 7.76. The molecule has 2 aromatic rings. The number of aliphatic hydroxyl groups is 1. The molecule has 1 unspecified atom stereocenters. The van der Waals surface area contributed by atoms with Gasteiger partial charge >= 0.3 is 0 Å². The van der Waals surface area contributed by atoms with Crippen molar-refractivity contribution in [2.24, 2.45) is 0 Å². The Morgan fingerprint density at radius 2 is 2.31 bits per heavy atom. The Labute approximate surface area is 99.4 Å². The lowest BCUT2D eigenvalue weighted by Crippen LogP contribution is -1.99. The van der Waals surface area contributed by atoms with E-state index in [1.165, 1.54) is 5.56 Å². The lowest BCUT2D eigenvalue weighted by Gasteiger charge is -2.08. The molecule has 3 nitrogen and oxygen atoms in total. The van der Waals surface area contributed by atoms with Gasteiger partial charge in [-0.2, -0.15) is 5.10 Å². The van der Waals surface area contributed by atoms with Crippen LogP contribution in [0.25, 0.3) is 0 Å². The molecule has 2 rings (SSSR count). The third-order valence-corrected chi connectivity index (χ3v) is 3.71. The summed E-state index contributed by atoms with van der Waals surface area (Å²) in [4.78, 5) is 1.04. The van der Waals surface area contributed by atoms with Crippen LogP contribution in [0.5, 0.6) is 0 Å². The highest BCUT2D eigenvalue weighted by Crippen LogP contribution is 2.29. The molecule has 0 saturated carbocycles. The maximum atomic E-state index is 10.3. The molecule has 2 aromatic heterocycles. The van der Waals surface area contributed by atoms with Crippen molar-refractivity contribution in [2.75, 3.05) is 0 Å². The number of aromatic nitrogens is 2. The monoisotopic (exact) mass is 236 g/mol. The molecule has 86 valence electrons. The fourth-order valence-corrected chi connectivity index (χ4v) is 2.73. The number of nitrogens with zero attached hydrogens (tertiary/aromatic N) is 2. The minimum Gasteiger partial charge on any atom is -0.383 e. The molecular weight excluding hydrogens is 220 g/mol. The van der Waals surface area contributed by atoms with Gasteiger partial charge in [-0.25, -0.2) is 0 Å². The van der Waals surface area contributed by atoms with Crippen LogP contribution in [0.2, 0.25) is 0 Å². The van der Waals surface area contributed by atoms with Crippen molar-refractivity contribution in [3.8, 4) is 0 Å². The number of thiophene rings is 1. The summed E-state index contributed by atoms with van der Waals surface area (Å²) in [5.74, 6) is 0. The SMILES string of the molecule is CCc1ccsc1C(O)c1cnn(CC)c1. The van der Waals surface area contributed by atoms with Gasteiger partial charge in [0.05, 0.1) is 6.20 Å². The summed E-state index contributed by atoms with van der Waals surface area (Å²) < 4.78 is 1.83. The highest BCUT2D eigenvalue weighted by Gasteiger charge is 2.16. The molecule has 0 radical (unpaired) electrons. The number of aliphatic hydroxyl groups excluding tert-OH is 1. The zero-order valence-electron chi connectivity index (χ0n) is 9.55. The van der Waals surface area contributed by atoms with Crippen LogP contribution < -0.4 is 0 Å². The maximum absolute atomic E-state index is 10.3. The van der Waals surface area contributed by atoms with E-state index < -0.39 is 6.10 Å².